The molecule has 1 saturated heterocycles. The molecule has 2 rings (SSSR count). The van der Waals surface area contributed by atoms with Crippen LogP contribution in [-0.2, 0) is 16.0 Å². The van der Waals surface area contributed by atoms with Crippen LogP contribution >= 0.6 is 0 Å². The Bertz CT molecular complexity index is 479. The third-order valence-corrected chi connectivity index (χ3v) is 4.72. The van der Waals surface area contributed by atoms with E-state index in [0.29, 0.717) is 25.0 Å². The van der Waals surface area contributed by atoms with Crippen LogP contribution in [0.3, 0.4) is 0 Å². The number of benzene rings is 1. The first-order valence-electron chi connectivity index (χ1n) is 9.34. The molecule has 1 fully saturated rings. The van der Waals surface area contributed by atoms with E-state index >= 15 is 0 Å². The number of carbonyl (C=O) groups is 1. The summed E-state index contributed by atoms with van der Waals surface area (Å²) in [5, 5.41) is 0. The van der Waals surface area contributed by atoms with E-state index < -0.39 is 0 Å². The fourth-order valence-electron chi connectivity index (χ4n) is 3.12. The molecule has 1 aromatic rings. The highest BCUT2D eigenvalue weighted by Crippen LogP contribution is 2.16. The van der Waals surface area contributed by atoms with Gasteiger partial charge in [0.2, 0.25) is 5.91 Å². The second-order valence-corrected chi connectivity index (χ2v) is 6.79. The Morgan fingerprint density at radius 2 is 1.88 bits per heavy atom. The van der Waals surface area contributed by atoms with Crippen molar-refractivity contribution in [3.8, 4) is 0 Å². The first kappa shape index (κ1) is 18.9. The molecule has 0 atom stereocenters. The zero-order chi connectivity index (χ0) is 17.2. The van der Waals surface area contributed by atoms with Crippen LogP contribution in [0.1, 0.15) is 49.7 Å². The van der Waals surface area contributed by atoms with Gasteiger partial charge in [0.1, 0.15) is 0 Å². The number of aryl methyl sites for hydroxylation is 2. The molecule has 0 spiro atoms. The third-order valence-electron chi connectivity index (χ3n) is 4.72. The first-order chi connectivity index (χ1) is 11.7. The number of nitrogens with zero attached hydrogens (tertiary/aromatic N) is 1. The molecule has 1 amide bonds. The number of carbonyl (C=O) groups excluding carboxylic acids is 1. The Labute approximate surface area is 146 Å². The zero-order valence-electron chi connectivity index (χ0n) is 15.0. The van der Waals surface area contributed by atoms with E-state index in [1.54, 1.807) is 0 Å². The molecule has 134 valence electrons. The van der Waals surface area contributed by atoms with Gasteiger partial charge in [0, 0.05) is 26.1 Å². The van der Waals surface area contributed by atoms with Crippen molar-refractivity contribution in [1.82, 2.24) is 4.90 Å². The molecular weight excluding hydrogens is 300 g/mol. The molecule has 0 aliphatic carbocycles. The molecule has 1 aliphatic rings. The minimum absolute atomic E-state index is 0.305. The van der Waals surface area contributed by atoms with Crippen LogP contribution in [0.4, 0.5) is 0 Å². The van der Waals surface area contributed by atoms with Crippen molar-refractivity contribution in [3.05, 3.63) is 35.4 Å². The van der Waals surface area contributed by atoms with Crippen molar-refractivity contribution in [2.75, 3.05) is 26.2 Å². The Hall–Kier alpha value is -1.39. The molecule has 1 aliphatic heterocycles. The van der Waals surface area contributed by atoms with Crippen LogP contribution in [0.2, 0.25) is 0 Å². The molecule has 4 heteroatoms. The summed E-state index contributed by atoms with van der Waals surface area (Å²) in [6, 6.07) is 8.68. The van der Waals surface area contributed by atoms with E-state index in [-0.39, 0.29) is 0 Å². The standard InChI is InChI=1S/C20H32N2O2/c1-17-7-9-18(10-8-17)5-2-3-6-20(23)22-14-11-19(12-15-22)24-16-4-13-21/h7-10,19H,2-6,11-16,21H2,1H3. The maximum Gasteiger partial charge on any atom is 0.222 e. The number of hydrogen-bond acceptors (Lipinski definition) is 3. The minimum Gasteiger partial charge on any atom is -0.378 e. The average molecular weight is 332 g/mol. The molecular formula is C20H32N2O2. The van der Waals surface area contributed by atoms with E-state index in [9.17, 15) is 4.79 Å². The Morgan fingerprint density at radius 3 is 2.54 bits per heavy atom. The number of nitrogens with two attached hydrogens (primary N) is 1. The predicted molar refractivity (Wildman–Crippen MR) is 98.0 cm³/mol. The summed E-state index contributed by atoms with van der Waals surface area (Å²) in [5.41, 5.74) is 8.13. The highest BCUT2D eigenvalue weighted by atomic mass is 16.5. The molecule has 24 heavy (non-hydrogen) atoms. The number of hydrogen-bond donors (Lipinski definition) is 1. The van der Waals surface area contributed by atoms with Gasteiger partial charge in [-0.05, 0) is 57.6 Å². The van der Waals surface area contributed by atoms with Gasteiger partial charge in [-0.15, -0.1) is 0 Å². The average Bonchev–Trinajstić information content (AvgIpc) is 2.61. The molecule has 1 aromatic carbocycles. The quantitative estimate of drug-likeness (QED) is 0.707. The number of unbranched alkanes of at least 4 members (excludes halogenated alkanes) is 1. The highest BCUT2D eigenvalue weighted by molar-refractivity contribution is 5.76. The van der Waals surface area contributed by atoms with Gasteiger partial charge in [0.05, 0.1) is 6.10 Å². The van der Waals surface area contributed by atoms with Gasteiger partial charge in [-0.3, -0.25) is 4.79 Å². The van der Waals surface area contributed by atoms with Gasteiger partial charge >= 0.3 is 0 Å². The van der Waals surface area contributed by atoms with Gasteiger partial charge in [-0.1, -0.05) is 29.8 Å². The van der Waals surface area contributed by atoms with Crippen molar-refractivity contribution in [2.45, 2.75) is 58.0 Å². The fraction of sp³-hybridized carbons (Fsp3) is 0.650. The van der Waals surface area contributed by atoms with Crippen LogP contribution in [0, 0.1) is 6.92 Å². The van der Waals surface area contributed by atoms with E-state index in [4.69, 9.17) is 10.5 Å². The van der Waals surface area contributed by atoms with Crippen LogP contribution in [-0.4, -0.2) is 43.2 Å². The Kier molecular flexibility index (Phi) is 8.26. The number of amides is 1. The molecule has 0 radical (unpaired) electrons. The second-order valence-electron chi connectivity index (χ2n) is 6.79. The van der Waals surface area contributed by atoms with Gasteiger partial charge in [-0.2, -0.15) is 0 Å². The van der Waals surface area contributed by atoms with E-state index in [2.05, 4.69) is 31.2 Å². The molecule has 4 nitrogen and oxygen atoms in total. The number of piperidine rings is 1. The van der Waals surface area contributed by atoms with Crippen LogP contribution in [0.5, 0.6) is 0 Å². The summed E-state index contributed by atoms with van der Waals surface area (Å²) < 4.78 is 5.79. The van der Waals surface area contributed by atoms with Gasteiger partial charge < -0.3 is 15.4 Å². The van der Waals surface area contributed by atoms with Crippen LogP contribution < -0.4 is 5.73 Å². The van der Waals surface area contributed by atoms with Crippen molar-refractivity contribution in [2.24, 2.45) is 5.73 Å². The van der Waals surface area contributed by atoms with E-state index in [1.807, 2.05) is 4.90 Å². The molecule has 0 bridgehead atoms. The van der Waals surface area contributed by atoms with Gasteiger partial charge in [0.25, 0.3) is 0 Å². The van der Waals surface area contributed by atoms with Crippen molar-refractivity contribution in [1.29, 1.82) is 0 Å². The minimum atomic E-state index is 0.305. The SMILES string of the molecule is Cc1ccc(CCCCC(=O)N2CCC(OCCCN)CC2)cc1. The lowest BCUT2D eigenvalue weighted by molar-refractivity contribution is -0.133. The molecule has 2 N–H and O–H groups in total. The van der Waals surface area contributed by atoms with E-state index in [1.165, 1.54) is 11.1 Å². The topological polar surface area (TPSA) is 55.6 Å². The largest absolute Gasteiger partial charge is 0.378 e. The molecule has 1 heterocycles. The van der Waals surface area contributed by atoms with Gasteiger partial charge in [-0.25, -0.2) is 0 Å². The number of likely N-dealkylation sites (tertiary alicyclic amines) is 1. The lowest BCUT2D eigenvalue weighted by Gasteiger charge is -2.32. The summed E-state index contributed by atoms with van der Waals surface area (Å²) in [4.78, 5) is 14.3. The van der Waals surface area contributed by atoms with Crippen molar-refractivity contribution < 1.29 is 9.53 Å². The fourth-order valence-corrected chi connectivity index (χ4v) is 3.12. The van der Waals surface area contributed by atoms with Crippen LogP contribution in [0.25, 0.3) is 0 Å². The molecule has 0 aromatic heterocycles. The van der Waals surface area contributed by atoms with Crippen molar-refractivity contribution in [3.63, 3.8) is 0 Å². The summed E-state index contributed by atoms with van der Waals surface area (Å²) in [6.45, 7) is 5.21. The maximum absolute atomic E-state index is 12.3. The smallest absolute Gasteiger partial charge is 0.222 e. The Balaban J connectivity index is 1.57. The summed E-state index contributed by atoms with van der Waals surface area (Å²) >= 11 is 0. The zero-order valence-corrected chi connectivity index (χ0v) is 15.0. The van der Waals surface area contributed by atoms with E-state index in [0.717, 1.165) is 58.2 Å². The normalized spacial score (nSPS) is 15.7. The summed E-state index contributed by atoms with van der Waals surface area (Å²) in [5.74, 6) is 0.305. The van der Waals surface area contributed by atoms with Crippen LogP contribution in [0.15, 0.2) is 24.3 Å². The third kappa shape index (κ3) is 6.62. The lowest BCUT2D eigenvalue weighted by atomic mass is 10.0. The first-order valence-corrected chi connectivity index (χ1v) is 9.34. The number of rotatable bonds is 9. The lowest BCUT2D eigenvalue weighted by Crippen LogP contribution is -2.40. The summed E-state index contributed by atoms with van der Waals surface area (Å²) in [6.07, 6.45) is 6.92. The van der Waals surface area contributed by atoms with Gasteiger partial charge in [0.15, 0.2) is 0 Å². The summed E-state index contributed by atoms with van der Waals surface area (Å²) in [7, 11) is 0. The predicted octanol–water partition coefficient (Wildman–Crippen LogP) is 3.06. The second kappa shape index (κ2) is 10.5. The maximum atomic E-state index is 12.3. The number of ether oxygens (including phenoxy) is 1. The van der Waals surface area contributed by atoms with Crippen molar-refractivity contribution >= 4 is 5.91 Å². The Morgan fingerprint density at radius 1 is 1.17 bits per heavy atom. The molecule has 0 saturated carbocycles. The molecule has 0 unspecified atom stereocenters. The monoisotopic (exact) mass is 332 g/mol. The highest BCUT2D eigenvalue weighted by Gasteiger charge is 2.22.